The lowest BCUT2D eigenvalue weighted by Gasteiger charge is -2.10. The molecule has 0 saturated carbocycles. The van der Waals surface area contributed by atoms with Crippen LogP contribution in [-0.4, -0.2) is 46.9 Å². The van der Waals surface area contributed by atoms with E-state index in [1.807, 2.05) is 30.3 Å². The number of anilines is 2. The summed E-state index contributed by atoms with van der Waals surface area (Å²) in [6.45, 7) is 1.19. The van der Waals surface area contributed by atoms with Crippen molar-refractivity contribution in [3.05, 3.63) is 89.7 Å². The molecule has 5 aromatic rings. The first kappa shape index (κ1) is 26.6. The Bertz CT molecular complexity index is 1680. The number of nitrogens with zero attached hydrogens (tertiary/aromatic N) is 4. The van der Waals surface area contributed by atoms with Crippen LogP contribution in [0.25, 0.3) is 21.5 Å². The second-order valence-corrected chi connectivity index (χ2v) is 12.2. The molecule has 5 rings (SSSR count). The van der Waals surface area contributed by atoms with Gasteiger partial charge in [-0.3, -0.25) is 4.98 Å². The summed E-state index contributed by atoms with van der Waals surface area (Å²) >= 11 is 1.49. The van der Waals surface area contributed by atoms with Gasteiger partial charge >= 0.3 is 0 Å². The number of aromatic nitrogens is 4. The fourth-order valence-electron chi connectivity index (χ4n) is 3.68. The third kappa shape index (κ3) is 7.31. The van der Waals surface area contributed by atoms with Crippen LogP contribution in [0.5, 0.6) is 5.75 Å². The maximum atomic E-state index is 13.1. The van der Waals surface area contributed by atoms with Crippen molar-refractivity contribution in [1.82, 2.24) is 25.3 Å². The Morgan fingerprint density at radius 1 is 0.974 bits per heavy atom. The van der Waals surface area contributed by atoms with Crippen LogP contribution < -0.4 is 15.4 Å². The number of hydrogen-bond donors (Lipinski definition) is 2. The van der Waals surface area contributed by atoms with Crippen molar-refractivity contribution < 1.29 is 17.5 Å². The van der Waals surface area contributed by atoms with E-state index in [4.69, 9.17) is 4.74 Å². The molecule has 12 heteroatoms. The minimum absolute atomic E-state index is 0.0823. The number of nitrogens with one attached hydrogen (secondary N) is 2. The lowest BCUT2D eigenvalue weighted by atomic mass is 10.2. The molecule has 3 heterocycles. The first-order valence-corrected chi connectivity index (χ1v) is 14.9. The van der Waals surface area contributed by atoms with E-state index in [-0.39, 0.29) is 11.6 Å². The van der Waals surface area contributed by atoms with Gasteiger partial charge in [-0.1, -0.05) is 12.1 Å². The highest BCUT2D eigenvalue weighted by Crippen LogP contribution is 2.30. The molecule has 3 aromatic heterocycles. The van der Waals surface area contributed by atoms with E-state index in [1.165, 1.54) is 36.1 Å². The van der Waals surface area contributed by atoms with Crippen molar-refractivity contribution in [3.63, 3.8) is 0 Å². The second kappa shape index (κ2) is 11.8. The smallest absolute Gasteiger partial charge is 0.148 e. The Morgan fingerprint density at radius 3 is 2.54 bits per heavy atom. The Morgan fingerprint density at radius 2 is 1.77 bits per heavy atom. The van der Waals surface area contributed by atoms with Crippen LogP contribution in [0.1, 0.15) is 10.6 Å². The Labute approximate surface area is 229 Å². The van der Waals surface area contributed by atoms with Crippen LogP contribution >= 0.6 is 11.3 Å². The van der Waals surface area contributed by atoms with Crippen LogP contribution in [-0.2, 0) is 23.0 Å². The Hall–Kier alpha value is -4.00. The molecule has 0 fully saturated rings. The van der Waals surface area contributed by atoms with E-state index in [0.717, 1.165) is 32.2 Å². The lowest BCUT2D eigenvalue weighted by Crippen LogP contribution is -2.21. The van der Waals surface area contributed by atoms with Gasteiger partial charge in [0, 0.05) is 36.6 Å². The van der Waals surface area contributed by atoms with Gasteiger partial charge in [0.15, 0.2) is 0 Å². The Balaban J connectivity index is 1.26. The van der Waals surface area contributed by atoms with E-state index in [0.29, 0.717) is 36.8 Å². The molecule has 0 saturated heterocycles. The van der Waals surface area contributed by atoms with Gasteiger partial charge in [-0.15, -0.1) is 11.3 Å². The summed E-state index contributed by atoms with van der Waals surface area (Å²) in [5.41, 5.74) is 3.14. The molecule has 0 bridgehead atoms. The summed E-state index contributed by atoms with van der Waals surface area (Å²) in [5.74, 6) is 1.13. The first-order valence-electron chi connectivity index (χ1n) is 12.0. The van der Waals surface area contributed by atoms with Gasteiger partial charge in [0.1, 0.15) is 45.2 Å². The summed E-state index contributed by atoms with van der Waals surface area (Å²) in [7, 11) is -3.00. The maximum Gasteiger partial charge on any atom is 0.148 e. The third-order valence-corrected chi connectivity index (χ3v) is 7.65. The van der Waals surface area contributed by atoms with Crippen molar-refractivity contribution in [2.45, 2.75) is 13.2 Å². The van der Waals surface area contributed by atoms with Crippen molar-refractivity contribution in [1.29, 1.82) is 0 Å². The highest BCUT2D eigenvalue weighted by atomic mass is 32.2. The number of fused-ring (bicyclic) bond motifs is 1. The zero-order chi connectivity index (χ0) is 27.2. The van der Waals surface area contributed by atoms with Crippen LogP contribution in [0.2, 0.25) is 0 Å². The topological polar surface area (TPSA) is 119 Å². The number of ether oxygens (including phenoxy) is 1. The van der Waals surface area contributed by atoms with Gasteiger partial charge in [-0.05, 0) is 48.0 Å². The number of rotatable bonds is 11. The maximum absolute atomic E-state index is 13.1. The minimum Gasteiger partial charge on any atom is -0.489 e. The van der Waals surface area contributed by atoms with Crippen LogP contribution in [0, 0.1) is 5.82 Å². The molecular weight excluding hydrogens is 539 g/mol. The second-order valence-electron chi connectivity index (χ2n) is 8.80. The van der Waals surface area contributed by atoms with E-state index < -0.39 is 9.84 Å². The standard InChI is InChI=1S/C27H25FN6O3S2/c1-39(35,36)11-10-29-15-26-31-14-25(38-26)23-12-22-24(13-30-23)32-17-33-27(22)34-20-6-8-21(9-7-20)37-16-18-2-4-19(28)5-3-18/h2-9,12-14,17,29H,10-11,15-16H2,1H3,(H,32,33,34). The average Bonchev–Trinajstić information content (AvgIpc) is 3.40. The zero-order valence-corrected chi connectivity index (χ0v) is 22.6. The highest BCUT2D eigenvalue weighted by molar-refractivity contribution is 7.90. The minimum atomic E-state index is -3.00. The van der Waals surface area contributed by atoms with Crippen LogP contribution in [0.4, 0.5) is 15.9 Å². The predicted molar refractivity (Wildman–Crippen MR) is 150 cm³/mol. The highest BCUT2D eigenvalue weighted by Gasteiger charge is 2.11. The molecular formula is C27H25FN6O3S2. The van der Waals surface area contributed by atoms with Gasteiger partial charge in [-0.2, -0.15) is 0 Å². The summed E-state index contributed by atoms with van der Waals surface area (Å²) in [4.78, 5) is 18.6. The van der Waals surface area contributed by atoms with Gasteiger partial charge in [-0.25, -0.2) is 27.8 Å². The van der Waals surface area contributed by atoms with Gasteiger partial charge in [0.25, 0.3) is 0 Å². The molecule has 0 aliphatic rings. The molecule has 0 atom stereocenters. The molecule has 0 unspecified atom stereocenters. The lowest BCUT2D eigenvalue weighted by molar-refractivity contribution is 0.306. The molecule has 0 amide bonds. The zero-order valence-electron chi connectivity index (χ0n) is 21.0. The quantitative estimate of drug-likeness (QED) is 0.219. The molecule has 200 valence electrons. The van der Waals surface area contributed by atoms with Gasteiger partial charge < -0.3 is 15.4 Å². The molecule has 2 N–H and O–H groups in total. The third-order valence-electron chi connectivity index (χ3n) is 5.69. The van der Waals surface area contributed by atoms with E-state index in [2.05, 4.69) is 30.6 Å². The van der Waals surface area contributed by atoms with E-state index >= 15 is 0 Å². The number of pyridine rings is 1. The molecule has 0 radical (unpaired) electrons. The van der Waals surface area contributed by atoms with E-state index in [9.17, 15) is 12.8 Å². The molecule has 0 aliphatic carbocycles. The fourth-order valence-corrected chi connectivity index (χ4v) is 5.05. The number of halogens is 1. The Kier molecular flexibility index (Phi) is 8.05. The SMILES string of the molecule is CS(=O)(=O)CCNCc1ncc(-c2cc3c(Nc4ccc(OCc5ccc(F)cc5)cc4)ncnc3cn2)s1. The van der Waals surface area contributed by atoms with Crippen molar-refractivity contribution in [2.24, 2.45) is 0 Å². The van der Waals surface area contributed by atoms with Gasteiger partial charge in [0.05, 0.1) is 28.0 Å². The predicted octanol–water partition coefficient (Wildman–Crippen LogP) is 4.74. The van der Waals surface area contributed by atoms with Crippen molar-refractivity contribution in [3.8, 4) is 16.3 Å². The molecule has 0 spiro atoms. The summed E-state index contributed by atoms with van der Waals surface area (Å²) in [5, 5.41) is 8.09. The molecule has 39 heavy (non-hydrogen) atoms. The molecule has 2 aromatic carbocycles. The summed E-state index contributed by atoms with van der Waals surface area (Å²) < 4.78 is 41.5. The summed E-state index contributed by atoms with van der Waals surface area (Å²) in [6, 6.07) is 15.6. The van der Waals surface area contributed by atoms with Crippen molar-refractivity contribution >= 4 is 43.6 Å². The number of benzene rings is 2. The van der Waals surface area contributed by atoms with E-state index in [1.54, 1.807) is 24.5 Å². The first-order chi connectivity index (χ1) is 18.8. The van der Waals surface area contributed by atoms with Crippen LogP contribution in [0.15, 0.2) is 73.3 Å². The summed E-state index contributed by atoms with van der Waals surface area (Å²) in [6.07, 6.45) is 6.16. The fraction of sp³-hybridized carbons (Fsp3) is 0.185. The van der Waals surface area contributed by atoms with Crippen LogP contribution in [0.3, 0.4) is 0 Å². The number of sulfone groups is 1. The molecule has 0 aliphatic heterocycles. The average molecular weight is 565 g/mol. The number of hydrogen-bond acceptors (Lipinski definition) is 10. The van der Waals surface area contributed by atoms with Gasteiger partial charge in [0.2, 0.25) is 0 Å². The normalized spacial score (nSPS) is 11.5. The monoisotopic (exact) mass is 564 g/mol. The largest absolute Gasteiger partial charge is 0.489 e. The van der Waals surface area contributed by atoms with Crippen molar-refractivity contribution in [2.75, 3.05) is 23.9 Å². The number of thiazole rings is 1. The molecule has 9 nitrogen and oxygen atoms in total.